The molecule has 0 fully saturated rings. The molecule has 0 radical (unpaired) electrons. The van der Waals surface area contributed by atoms with Gasteiger partial charge in [0.15, 0.2) is 5.58 Å². The number of methoxy groups -OCH3 is 1. The molecule has 1 amide bonds. The zero-order valence-corrected chi connectivity index (χ0v) is 22.4. The Kier molecular flexibility index (Phi) is 7.78. The molecule has 0 aliphatic heterocycles. The van der Waals surface area contributed by atoms with Gasteiger partial charge in [-0.25, -0.2) is 14.8 Å². The lowest BCUT2D eigenvalue weighted by molar-refractivity contribution is -0.122. The van der Waals surface area contributed by atoms with Crippen LogP contribution < -0.4 is 22.3 Å². The van der Waals surface area contributed by atoms with Crippen LogP contribution in [0.5, 0.6) is 0 Å². The Balaban J connectivity index is 1.46. The summed E-state index contributed by atoms with van der Waals surface area (Å²) in [6.07, 6.45) is 1.33. The van der Waals surface area contributed by atoms with Gasteiger partial charge in [-0.05, 0) is 35.9 Å². The Morgan fingerprint density at radius 3 is 2.55 bits per heavy atom. The van der Waals surface area contributed by atoms with Crippen LogP contribution in [-0.4, -0.2) is 45.3 Å². The fourth-order valence-electron chi connectivity index (χ4n) is 4.43. The van der Waals surface area contributed by atoms with Crippen LogP contribution >= 0.6 is 0 Å². The zero-order chi connectivity index (χ0) is 29.8. The maximum Gasteiger partial charge on any atom is 0.337 e. The molecule has 0 bridgehead atoms. The number of aromatic nitrogens is 3. The van der Waals surface area contributed by atoms with Gasteiger partial charge in [-0.3, -0.25) is 19.0 Å². The molecule has 0 spiro atoms. The van der Waals surface area contributed by atoms with Crippen LogP contribution in [0.2, 0.25) is 0 Å². The fourth-order valence-corrected chi connectivity index (χ4v) is 4.43. The summed E-state index contributed by atoms with van der Waals surface area (Å²) in [7, 11) is 1.26. The van der Waals surface area contributed by atoms with Crippen LogP contribution in [0.25, 0.3) is 22.5 Å². The molecule has 0 saturated heterocycles. The summed E-state index contributed by atoms with van der Waals surface area (Å²) in [6, 6.07) is 19.1. The van der Waals surface area contributed by atoms with E-state index < -0.39 is 35.8 Å². The van der Waals surface area contributed by atoms with E-state index in [1.165, 1.54) is 31.5 Å². The predicted octanol–water partition coefficient (Wildman–Crippen LogP) is 2.61. The number of fused-ring (bicyclic) bond motifs is 1. The normalized spacial score (nSPS) is 11.6. The first kappa shape index (κ1) is 27.8. The van der Waals surface area contributed by atoms with Crippen molar-refractivity contribution in [3.8, 4) is 11.4 Å². The first-order valence-corrected chi connectivity index (χ1v) is 12.8. The number of ketones is 1. The van der Waals surface area contributed by atoms with Gasteiger partial charge < -0.3 is 25.9 Å². The third-order valence-electron chi connectivity index (χ3n) is 6.47. The lowest BCUT2D eigenvalue weighted by Crippen LogP contribution is -2.45. The van der Waals surface area contributed by atoms with Crippen molar-refractivity contribution in [1.29, 1.82) is 0 Å². The van der Waals surface area contributed by atoms with Crippen LogP contribution in [0, 0.1) is 0 Å². The smallest absolute Gasteiger partial charge is 0.337 e. The van der Waals surface area contributed by atoms with E-state index in [2.05, 4.69) is 15.3 Å². The van der Waals surface area contributed by atoms with Gasteiger partial charge in [-0.1, -0.05) is 42.5 Å². The van der Waals surface area contributed by atoms with Crippen LogP contribution in [0.3, 0.4) is 0 Å². The average molecular weight is 567 g/mol. The molecule has 2 aromatic heterocycles. The monoisotopic (exact) mass is 566 g/mol. The number of oxazole rings is 1. The molecule has 0 saturated carbocycles. The van der Waals surface area contributed by atoms with E-state index in [9.17, 15) is 19.2 Å². The van der Waals surface area contributed by atoms with Crippen molar-refractivity contribution in [2.45, 2.75) is 19.0 Å². The Hall–Kier alpha value is -5.78. The number of ether oxygens (including phenoxy) is 1. The van der Waals surface area contributed by atoms with Gasteiger partial charge in [-0.15, -0.1) is 0 Å². The van der Waals surface area contributed by atoms with E-state index in [4.69, 9.17) is 20.6 Å². The maximum atomic E-state index is 13.7. The average Bonchev–Trinajstić information content (AvgIpc) is 3.42. The molecule has 12 heteroatoms. The highest BCUT2D eigenvalue weighted by molar-refractivity contribution is 6.01. The molecule has 0 aliphatic rings. The van der Waals surface area contributed by atoms with Crippen molar-refractivity contribution >= 4 is 40.1 Å². The fraction of sp³-hybridized carbons (Fsp3) is 0.133. The molecule has 3 aromatic carbocycles. The topological polar surface area (TPSA) is 185 Å². The molecule has 0 aliphatic carbocycles. The number of Topliss-reactive ketones (excluding diaryl/α,β-unsaturated/α-hetero) is 1. The van der Waals surface area contributed by atoms with Crippen LogP contribution in [-0.2, 0) is 22.5 Å². The van der Waals surface area contributed by atoms with Gasteiger partial charge in [0.05, 0.1) is 18.9 Å². The van der Waals surface area contributed by atoms with Crippen LogP contribution in [0.15, 0.2) is 88.2 Å². The highest BCUT2D eigenvalue weighted by atomic mass is 16.5. The third-order valence-corrected chi connectivity index (χ3v) is 6.47. The molecule has 212 valence electrons. The van der Waals surface area contributed by atoms with Gasteiger partial charge in [0.25, 0.3) is 11.4 Å². The highest BCUT2D eigenvalue weighted by Crippen LogP contribution is 2.21. The minimum Gasteiger partial charge on any atom is -0.465 e. The van der Waals surface area contributed by atoms with Gasteiger partial charge in [0.2, 0.25) is 11.7 Å². The molecule has 12 nitrogen and oxygen atoms in total. The second-order valence-corrected chi connectivity index (χ2v) is 9.42. The number of benzene rings is 3. The van der Waals surface area contributed by atoms with Crippen LogP contribution in [0.4, 0.5) is 11.4 Å². The number of amides is 1. The molecule has 5 rings (SSSR count). The second kappa shape index (κ2) is 11.8. The number of nitrogens with zero attached hydrogens (tertiary/aromatic N) is 3. The van der Waals surface area contributed by atoms with Crippen molar-refractivity contribution in [2.24, 2.45) is 0 Å². The number of nitrogens with two attached hydrogens (primary N) is 2. The van der Waals surface area contributed by atoms with Crippen LogP contribution in [0.1, 0.15) is 26.6 Å². The molecule has 42 heavy (non-hydrogen) atoms. The number of hydrogen-bond donors (Lipinski definition) is 3. The summed E-state index contributed by atoms with van der Waals surface area (Å²) in [5, 5.41) is 2.72. The van der Waals surface area contributed by atoms with Gasteiger partial charge in [0, 0.05) is 17.7 Å². The number of carbonyl (C=O) groups is 3. The van der Waals surface area contributed by atoms with E-state index in [1.807, 2.05) is 30.3 Å². The van der Waals surface area contributed by atoms with E-state index in [0.29, 0.717) is 11.3 Å². The number of carbonyl (C=O) groups excluding carboxylic acids is 3. The van der Waals surface area contributed by atoms with Crippen molar-refractivity contribution < 1.29 is 23.5 Å². The van der Waals surface area contributed by atoms with Gasteiger partial charge in [0.1, 0.15) is 29.6 Å². The van der Waals surface area contributed by atoms with Gasteiger partial charge in [-0.2, -0.15) is 0 Å². The molecule has 5 aromatic rings. The van der Waals surface area contributed by atoms with Crippen molar-refractivity contribution in [2.75, 3.05) is 18.6 Å². The first-order chi connectivity index (χ1) is 20.2. The van der Waals surface area contributed by atoms with E-state index in [1.54, 1.807) is 24.3 Å². The number of nitrogens with one attached hydrogen (secondary N) is 1. The van der Waals surface area contributed by atoms with Gasteiger partial charge >= 0.3 is 5.97 Å². The minimum absolute atomic E-state index is 0.115. The quantitative estimate of drug-likeness (QED) is 0.136. The van der Waals surface area contributed by atoms with E-state index >= 15 is 0 Å². The predicted molar refractivity (Wildman–Crippen MR) is 155 cm³/mol. The number of rotatable bonds is 9. The Labute approximate surface area is 238 Å². The molecular formula is C30H26N6O6. The Morgan fingerprint density at radius 2 is 1.81 bits per heavy atom. The second-order valence-electron chi connectivity index (χ2n) is 9.42. The molecule has 5 N–H and O–H groups in total. The SMILES string of the molecule is COC(=O)c1ccc2oc(C(=O)C(Cc3ccccc3)NC(=O)Cn3c(-c4cccc(N)c4)ncc(N)c3=O)nc2c1. The highest BCUT2D eigenvalue weighted by Gasteiger charge is 2.28. The first-order valence-electron chi connectivity index (χ1n) is 12.8. The summed E-state index contributed by atoms with van der Waals surface area (Å²) in [5.74, 6) is -1.88. The molecular weight excluding hydrogens is 540 g/mol. The largest absolute Gasteiger partial charge is 0.465 e. The van der Waals surface area contributed by atoms with Crippen molar-refractivity contribution in [1.82, 2.24) is 19.9 Å². The van der Waals surface area contributed by atoms with Crippen molar-refractivity contribution in [3.63, 3.8) is 0 Å². The summed E-state index contributed by atoms with van der Waals surface area (Å²) in [6.45, 7) is -0.477. The molecule has 1 unspecified atom stereocenters. The van der Waals surface area contributed by atoms with E-state index in [-0.39, 0.29) is 40.5 Å². The lowest BCUT2D eigenvalue weighted by atomic mass is 10.0. The van der Waals surface area contributed by atoms with Crippen molar-refractivity contribution in [3.05, 3.63) is 106 Å². The summed E-state index contributed by atoms with van der Waals surface area (Å²) >= 11 is 0. The summed E-state index contributed by atoms with van der Waals surface area (Å²) in [4.78, 5) is 60.4. The van der Waals surface area contributed by atoms with E-state index in [0.717, 1.165) is 10.1 Å². The molecule has 2 heterocycles. The minimum atomic E-state index is -1.10. The standard InChI is InChI=1S/C30H26N6O6/c1-41-30(40)19-10-11-24-22(14-19)35-28(42-24)26(38)23(12-17-6-3-2-4-7-17)34-25(37)16-36-27(33-15-21(32)29(36)39)18-8-5-9-20(31)13-18/h2-11,13-15,23H,12,16,31-32H2,1H3,(H,34,37). The molecule has 1 atom stereocenters. The third kappa shape index (κ3) is 5.87. The Bertz CT molecular complexity index is 1860. The number of hydrogen-bond acceptors (Lipinski definition) is 10. The maximum absolute atomic E-state index is 13.7. The number of nitrogen functional groups attached to an aromatic ring is 2. The summed E-state index contributed by atoms with van der Waals surface area (Å²) in [5.41, 5.74) is 13.5. The zero-order valence-electron chi connectivity index (χ0n) is 22.4. The summed E-state index contributed by atoms with van der Waals surface area (Å²) < 4.78 is 11.5. The number of anilines is 2. The number of esters is 1. The lowest BCUT2D eigenvalue weighted by Gasteiger charge is -2.18. The Morgan fingerprint density at radius 1 is 1.02 bits per heavy atom.